The van der Waals surface area contributed by atoms with Gasteiger partial charge in [-0.3, -0.25) is 14.4 Å². The van der Waals surface area contributed by atoms with Crippen LogP contribution in [0, 0.1) is 5.92 Å². The lowest BCUT2D eigenvalue weighted by Crippen LogP contribution is -2.43. The van der Waals surface area contributed by atoms with E-state index in [0.29, 0.717) is 38.5 Å². The Balaban J connectivity index is 1.20. The average molecular weight is 476 g/mol. The van der Waals surface area contributed by atoms with Gasteiger partial charge in [-0.1, -0.05) is 30.3 Å². The van der Waals surface area contributed by atoms with Gasteiger partial charge in [-0.2, -0.15) is 0 Å². The molecule has 2 amide bonds. The molecule has 3 fully saturated rings. The van der Waals surface area contributed by atoms with Crippen LogP contribution in [0.2, 0.25) is 0 Å². The van der Waals surface area contributed by atoms with Crippen LogP contribution in [0.25, 0.3) is 0 Å². The third kappa shape index (κ3) is 6.00. The lowest BCUT2D eigenvalue weighted by atomic mass is 9.81. The number of Topliss-reactive ketones (excluding diaryl/α,β-unsaturated/α-hetero) is 1. The lowest BCUT2D eigenvalue weighted by Gasteiger charge is -2.30. The zero-order valence-electron chi connectivity index (χ0n) is 18.9. The Bertz CT molecular complexity index is 959. The van der Waals surface area contributed by atoms with Crippen LogP contribution in [-0.2, 0) is 24.2 Å². The SMILES string of the molecule is O=C(NC1CCC(c2ccccc2)CC1)C1CN(CCCN2CCS(=O)(=O)CC2)C(=O)C1=O. The highest BCUT2D eigenvalue weighted by Crippen LogP contribution is 2.33. The Morgan fingerprint density at radius 3 is 2.30 bits per heavy atom. The van der Waals surface area contributed by atoms with Crippen molar-refractivity contribution in [2.24, 2.45) is 5.92 Å². The van der Waals surface area contributed by atoms with Crippen LogP contribution in [0.4, 0.5) is 0 Å². The first-order valence-corrected chi connectivity index (χ1v) is 13.8. The van der Waals surface area contributed by atoms with E-state index in [1.807, 2.05) is 6.07 Å². The van der Waals surface area contributed by atoms with Gasteiger partial charge in [0.15, 0.2) is 9.84 Å². The maximum absolute atomic E-state index is 12.8. The number of carbonyl (C=O) groups excluding carboxylic acids is 3. The topological polar surface area (TPSA) is 104 Å². The minimum atomic E-state index is -2.91. The summed E-state index contributed by atoms with van der Waals surface area (Å²) < 4.78 is 23.1. The molecule has 0 spiro atoms. The van der Waals surface area contributed by atoms with E-state index in [9.17, 15) is 22.8 Å². The molecule has 2 heterocycles. The smallest absolute Gasteiger partial charge is 0.290 e. The van der Waals surface area contributed by atoms with Crippen molar-refractivity contribution in [1.82, 2.24) is 15.1 Å². The summed E-state index contributed by atoms with van der Waals surface area (Å²) in [5.41, 5.74) is 1.33. The molecule has 0 aromatic heterocycles. The number of nitrogens with one attached hydrogen (secondary N) is 1. The molecule has 1 unspecified atom stereocenters. The summed E-state index contributed by atoms with van der Waals surface area (Å²) in [7, 11) is -2.91. The Morgan fingerprint density at radius 1 is 0.970 bits per heavy atom. The van der Waals surface area contributed by atoms with Gasteiger partial charge in [0.25, 0.3) is 5.91 Å². The number of likely N-dealkylation sites (tertiary alicyclic amines) is 1. The number of nitrogens with zero attached hydrogens (tertiary/aromatic N) is 2. The van der Waals surface area contributed by atoms with Gasteiger partial charge in [0.05, 0.1) is 11.5 Å². The number of ketones is 1. The van der Waals surface area contributed by atoms with Crippen LogP contribution >= 0.6 is 0 Å². The summed E-state index contributed by atoms with van der Waals surface area (Å²) in [6.07, 6.45) is 4.38. The minimum Gasteiger partial charge on any atom is -0.353 e. The van der Waals surface area contributed by atoms with Crippen molar-refractivity contribution in [3.63, 3.8) is 0 Å². The van der Waals surface area contributed by atoms with E-state index < -0.39 is 27.4 Å². The molecule has 2 saturated heterocycles. The molecule has 0 bridgehead atoms. The van der Waals surface area contributed by atoms with Gasteiger partial charge >= 0.3 is 0 Å². The number of hydrogen-bond acceptors (Lipinski definition) is 6. The van der Waals surface area contributed by atoms with Gasteiger partial charge in [-0.05, 0) is 50.1 Å². The van der Waals surface area contributed by atoms with Crippen LogP contribution in [0.1, 0.15) is 43.6 Å². The van der Waals surface area contributed by atoms with Crippen molar-refractivity contribution in [3.8, 4) is 0 Å². The van der Waals surface area contributed by atoms with Crippen molar-refractivity contribution >= 4 is 27.4 Å². The van der Waals surface area contributed by atoms with E-state index >= 15 is 0 Å². The number of carbonyl (C=O) groups is 3. The zero-order valence-corrected chi connectivity index (χ0v) is 19.8. The summed E-state index contributed by atoms with van der Waals surface area (Å²) in [4.78, 5) is 41.1. The normalized spacial score (nSPS) is 28.1. The van der Waals surface area contributed by atoms with E-state index in [1.165, 1.54) is 10.5 Å². The van der Waals surface area contributed by atoms with Gasteiger partial charge in [-0.25, -0.2) is 8.42 Å². The fraction of sp³-hybridized carbons (Fsp3) is 0.625. The highest BCUT2D eigenvalue weighted by Gasteiger charge is 2.43. The molecule has 9 heteroatoms. The van der Waals surface area contributed by atoms with Crippen molar-refractivity contribution in [2.45, 2.75) is 44.1 Å². The first-order chi connectivity index (χ1) is 15.8. The number of amides is 2. The molecule has 4 rings (SSSR count). The number of rotatable bonds is 7. The molecule has 1 atom stereocenters. The van der Waals surface area contributed by atoms with Crippen LogP contribution in [0.3, 0.4) is 0 Å². The third-order valence-electron chi connectivity index (χ3n) is 7.22. The fourth-order valence-electron chi connectivity index (χ4n) is 5.14. The highest BCUT2D eigenvalue weighted by molar-refractivity contribution is 7.91. The first kappa shape index (κ1) is 23.9. The van der Waals surface area contributed by atoms with Gasteiger partial charge in [0.2, 0.25) is 11.7 Å². The standard InChI is InChI=1S/C24H33N3O5S/c28-22-21(17-27(24(22)30)12-4-11-26-13-15-33(31,32)16-14-26)23(29)25-20-9-7-19(8-10-20)18-5-2-1-3-6-18/h1-3,5-6,19-21H,4,7-17H2,(H,25,29). The Kier molecular flexibility index (Phi) is 7.48. The third-order valence-corrected chi connectivity index (χ3v) is 8.83. The van der Waals surface area contributed by atoms with Gasteiger partial charge < -0.3 is 15.1 Å². The quantitative estimate of drug-likeness (QED) is 0.466. The Labute approximate surface area is 195 Å². The van der Waals surface area contributed by atoms with Crippen molar-refractivity contribution in [3.05, 3.63) is 35.9 Å². The summed E-state index contributed by atoms with van der Waals surface area (Å²) in [5.74, 6) is -1.61. The van der Waals surface area contributed by atoms with Crippen LogP contribution in [0.5, 0.6) is 0 Å². The van der Waals surface area contributed by atoms with Crippen LogP contribution in [0.15, 0.2) is 30.3 Å². The highest BCUT2D eigenvalue weighted by atomic mass is 32.2. The molecule has 180 valence electrons. The molecular formula is C24H33N3O5S. The number of hydrogen-bond donors (Lipinski definition) is 1. The largest absolute Gasteiger partial charge is 0.353 e. The van der Waals surface area contributed by atoms with E-state index in [1.54, 1.807) is 0 Å². The number of benzene rings is 1. The molecule has 1 saturated carbocycles. The van der Waals surface area contributed by atoms with Crippen LogP contribution < -0.4 is 5.32 Å². The molecule has 1 aliphatic carbocycles. The molecule has 3 aliphatic rings. The van der Waals surface area contributed by atoms with Crippen molar-refractivity contribution < 1.29 is 22.8 Å². The fourth-order valence-corrected chi connectivity index (χ4v) is 6.42. The Morgan fingerprint density at radius 2 is 1.64 bits per heavy atom. The summed E-state index contributed by atoms with van der Waals surface area (Å²) >= 11 is 0. The molecule has 8 nitrogen and oxygen atoms in total. The molecule has 1 aromatic rings. The molecule has 2 aliphatic heterocycles. The monoisotopic (exact) mass is 475 g/mol. The lowest BCUT2D eigenvalue weighted by molar-refractivity contribution is -0.142. The summed E-state index contributed by atoms with van der Waals surface area (Å²) in [5, 5.41) is 3.02. The Hall–Kier alpha value is -2.26. The first-order valence-electron chi connectivity index (χ1n) is 11.9. The maximum Gasteiger partial charge on any atom is 0.290 e. The van der Waals surface area contributed by atoms with E-state index in [4.69, 9.17) is 0 Å². The van der Waals surface area contributed by atoms with E-state index in [0.717, 1.165) is 25.7 Å². The van der Waals surface area contributed by atoms with Gasteiger partial charge in [0, 0.05) is 32.2 Å². The van der Waals surface area contributed by atoms with Gasteiger partial charge in [0.1, 0.15) is 5.92 Å². The summed E-state index contributed by atoms with van der Waals surface area (Å²) in [6, 6.07) is 10.5. The van der Waals surface area contributed by atoms with Crippen molar-refractivity contribution in [2.75, 3.05) is 44.2 Å². The molecule has 33 heavy (non-hydrogen) atoms. The van der Waals surface area contributed by atoms with E-state index in [2.05, 4.69) is 34.5 Å². The zero-order chi connectivity index (χ0) is 23.4. The molecular weight excluding hydrogens is 442 g/mol. The molecule has 1 aromatic carbocycles. The van der Waals surface area contributed by atoms with Crippen LogP contribution in [-0.4, -0.2) is 86.1 Å². The van der Waals surface area contributed by atoms with Gasteiger partial charge in [-0.15, -0.1) is 0 Å². The average Bonchev–Trinajstić information content (AvgIpc) is 3.10. The second-order valence-electron chi connectivity index (χ2n) is 9.48. The number of sulfone groups is 1. The summed E-state index contributed by atoms with van der Waals surface area (Å²) in [6.45, 7) is 2.23. The maximum atomic E-state index is 12.8. The minimum absolute atomic E-state index is 0.0461. The van der Waals surface area contributed by atoms with Crippen molar-refractivity contribution in [1.29, 1.82) is 0 Å². The second-order valence-corrected chi connectivity index (χ2v) is 11.8. The predicted molar refractivity (Wildman–Crippen MR) is 124 cm³/mol. The second kappa shape index (κ2) is 10.3. The molecule has 1 N–H and O–H groups in total. The predicted octanol–water partition coefficient (Wildman–Crippen LogP) is 0.977. The molecule has 0 radical (unpaired) electrons. The van der Waals surface area contributed by atoms with E-state index in [-0.39, 0.29) is 30.0 Å².